The highest BCUT2D eigenvalue weighted by Gasteiger charge is 2.18. The van der Waals surface area contributed by atoms with Gasteiger partial charge in [0.25, 0.3) is 0 Å². The van der Waals surface area contributed by atoms with Gasteiger partial charge in [0, 0.05) is 4.91 Å². The van der Waals surface area contributed by atoms with Gasteiger partial charge in [-0.25, -0.2) is 0 Å². The summed E-state index contributed by atoms with van der Waals surface area (Å²) in [6.45, 7) is 0. The van der Waals surface area contributed by atoms with Crippen molar-refractivity contribution in [2.75, 3.05) is 5.75 Å². The van der Waals surface area contributed by atoms with Crippen LogP contribution in [0.25, 0.3) is 0 Å². The van der Waals surface area contributed by atoms with Gasteiger partial charge in [-0.3, -0.25) is 4.79 Å². The van der Waals surface area contributed by atoms with Crippen LogP contribution in [0.5, 0.6) is 0 Å². The Balaban J connectivity index is 2.22. The number of hydrogen-bond acceptors (Lipinski definition) is 2. The van der Waals surface area contributed by atoms with Crippen molar-refractivity contribution >= 4 is 17.7 Å². The lowest BCUT2D eigenvalue weighted by molar-refractivity contribution is -0.117. The molecule has 1 aliphatic carbocycles. The molecule has 1 saturated heterocycles. The largest absolute Gasteiger partial charge is 0.325 e. The fourth-order valence-corrected chi connectivity index (χ4v) is 2.12. The van der Waals surface area contributed by atoms with Crippen LogP contribution in [0.4, 0.5) is 0 Å². The summed E-state index contributed by atoms with van der Waals surface area (Å²) in [6, 6.07) is 0. The normalized spacial score (nSPS) is 23.1. The zero-order valence-electron chi connectivity index (χ0n) is 6.09. The van der Waals surface area contributed by atoms with Gasteiger partial charge in [0.15, 0.2) is 0 Å². The minimum atomic E-state index is 0.125. The molecule has 0 aromatic heterocycles. The summed E-state index contributed by atoms with van der Waals surface area (Å²) in [5, 5.41) is 2.85. The molecule has 1 aliphatic heterocycles. The van der Waals surface area contributed by atoms with E-state index in [0.717, 1.165) is 18.5 Å². The van der Waals surface area contributed by atoms with Crippen LogP contribution in [0.15, 0.2) is 22.8 Å². The molecule has 0 spiro atoms. The maximum atomic E-state index is 10.9. The summed E-state index contributed by atoms with van der Waals surface area (Å²) in [5.41, 5.74) is 1.03. The number of rotatable bonds is 0. The van der Waals surface area contributed by atoms with E-state index < -0.39 is 0 Å². The van der Waals surface area contributed by atoms with E-state index >= 15 is 0 Å². The quantitative estimate of drug-likeness (QED) is 0.591. The van der Waals surface area contributed by atoms with Gasteiger partial charge in [-0.15, -0.1) is 11.8 Å². The molecule has 1 N–H and O–H groups in total. The summed E-state index contributed by atoms with van der Waals surface area (Å²) < 4.78 is 0. The molecule has 0 aromatic carbocycles. The van der Waals surface area contributed by atoms with Crippen molar-refractivity contribution in [3.63, 3.8) is 0 Å². The van der Waals surface area contributed by atoms with Crippen molar-refractivity contribution in [2.24, 2.45) is 0 Å². The number of fused-ring (bicyclic) bond motifs is 1. The van der Waals surface area contributed by atoms with Gasteiger partial charge in [0.2, 0.25) is 5.91 Å². The Hall–Kier alpha value is -0.700. The number of carbonyl (C=O) groups excluding carboxylic acids is 1. The lowest BCUT2D eigenvalue weighted by Gasteiger charge is -2.20. The average molecular weight is 167 g/mol. The van der Waals surface area contributed by atoms with E-state index in [0.29, 0.717) is 5.75 Å². The van der Waals surface area contributed by atoms with Crippen molar-refractivity contribution in [3.8, 4) is 0 Å². The number of carbonyl (C=O) groups is 1. The molecule has 2 nitrogen and oxygen atoms in total. The summed E-state index contributed by atoms with van der Waals surface area (Å²) >= 11 is 1.64. The third-order valence-electron chi connectivity index (χ3n) is 1.74. The number of allylic oxidation sites excluding steroid dienone is 2. The van der Waals surface area contributed by atoms with Crippen LogP contribution < -0.4 is 5.32 Å². The predicted octanol–water partition coefficient (Wildman–Crippen LogP) is 1.41. The minimum Gasteiger partial charge on any atom is -0.325 e. The highest BCUT2D eigenvalue weighted by molar-refractivity contribution is 8.04. The van der Waals surface area contributed by atoms with E-state index in [1.807, 2.05) is 0 Å². The van der Waals surface area contributed by atoms with Crippen LogP contribution >= 0.6 is 11.8 Å². The van der Waals surface area contributed by atoms with Crippen LogP contribution in [0.2, 0.25) is 0 Å². The smallest absolute Gasteiger partial charge is 0.234 e. The first-order valence-corrected chi connectivity index (χ1v) is 4.68. The van der Waals surface area contributed by atoms with Gasteiger partial charge >= 0.3 is 0 Å². The maximum absolute atomic E-state index is 10.9. The van der Waals surface area contributed by atoms with Gasteiger partial charge < -0.3 is 5.32 Å². The lowest BCUT2D eigenvalue weighted by atomic mass is 10.1. The first-order chi connectivity index (χ1) is 5.36. The third kappa shape index (κ3) is 1.33. The van der Waals surface area contributed by atoms with Crippen molar-refractivity contribution in [1.29, 1.82) is 0 Å². The zero-order valence-corrected chi connectivity index (χ0v) is 6.91. The fourth-order valence-electron chi connectivity index (χ4n) is 1.23. The molecule has 0 unspecified atom stereocenters. The number of nitrogens with one attached hydrogen (secondary N) is 1. The molecule has 0 aromatic rings. The Kier molecular flexibility index (Phi) is 1.74. The maximum Gasteiger partial charge on any atom is 0.234 e. The Labute approximate surface area is 69.7 Å². The van der Waals surface area contributed by atoms with Crippen LogP contribution in [0.3, 0.4) is 0 Å². The van der Waals surface area contributed by atoms with Crippen molar-refractivity contribution in [1.82, 2.24) is 5.32 Å². The van der Waals surface area contributed by atoms with Gasteiger partial charge in [-0.2, -0.15) is 0 Å². The van der Waals surface area contributed by atoms with E-state index in [1.54, 1.807) is 11.8 Å². The van der Waals surface area contributed by atoms with E-state index in [4.69, 9.17) is 0 Å². The summed E-state index contributed by atoms with van der Waals surface area (Å²) in [5.74, 6) is 0.698. The summed E-state index contributed by atoms with van der Waals surface area (Å²) in [4.78, 5) is 12.2. The first kappa shape index (κ1) is 6.98. The number of amides is 1. The standard InChI is InChI=1S/C8H9NOS/c10-8-5-11-7-4-2-1-3-6(7)9-8/h3-4H,1-2,5H2,(H,9,10). The molecule has 2 aliphatic rings. The van der Waals surface area contributed by atoms with Crippen molar-refractivity contribution in [3.05, 3.63) is 22.8 Å². The average Bonchev–Trinajstić information content (AvgIpc) is 2.04. The number of thioether (sulfide) groups is 1. The second-order valence-corrected chi connectivity index (χ2v) is 3.62. The lowest BCUT2D eigenvalue weighted by Crippen LogP contribution is -2.30. The van der Waals surface area contributed by atoms with Crippen molar-refractivity contribution < 1.29 is 4.79 Å². The van der Waals surface area contributed by atoms with E-state index in [9.17, 15) is 4.79 Å². The minimum absolute atomic E-state index is 0.125. The van der Waals surface area contributed by atoms with Gasteiger partial charge in [0.05, 0.1) is 11.4 Å². The third-order valence-corrected chi connectivity index (χ3v) is 2.85. The second kappa shape index (κ2) is 2.74. The molecule has 0 saturated carbocycles. The van der Waals surface area contributed by atoms with Crippen LogP contribution in [-0.4, -0.2) is 11.7 Å². The SMILES string of the molecule is O=C1CSC2=CCCC=C2N1. The van der Waals surface area contributed by atoms with Crippen LogP contribution in [0, 0.1) is 0 Å². The zero-order chi connectivity index (χ0) is 7.68. The molecule has 1 amide bonds. The summed E-state index contributed by atoms with van der Waals surface area (Å²) in [7, 11) is 0. The fraction of sp³-hybridized carbons (Fsp3) is 0.375. The molecule has 3 heteroatoms. The van der Waals surface area contributed by atoms with Gasteiger partial charge in [-0.1, -0.05) is 12.2 Å². The van der Waals surface area contributed by atoms with Crippen LogP contribution in [0.1, 0.15) is 12.8 Å². The molecular formula is C8H9NOS. The predicted molar refractivity (Wildman–Crippen MR) is 46.0 cm³/mol. The van der Waals surface area contributed by atoms with Gasteiger partial charge in [-0.05, 0) is 12.8 Å². The van der Waals surface area contributed by atoms with Crippen molar-refractivity contribution in [2.45, 2.75) is 12.8 Å². The molecular weight excluding hydrogens is 158 g/mol. The molecule has 58 valence electrons. The molecule has 1 heterocycles. The first-order valence-electron chi connectivity index (χ1n) is 3.69. The molecule has 0 bridgehead atoms. The van der Waals surface area contributed by atoms with Crippen LogP contribution in [-0.2, 0) is 4.79 Å². The number of hydrogen-bond donors (Lipinski definition) is 1. The topological polar surface area (TPSA) is 29.1 Å². The molecule has 0 atom stereocenters. The van der Waals surface area contributed by atoms with E-state index in [1.165, 1.54) is 4.91 Å². The highest BCUT2D eigenvalue weighted by Crippen LogP contribution is 2.30. The van der Waals surface area contributed by atoms with Gasteiger partial charge in [0.1, 0.15) is 0 Å². The summed E-state index contributed by atoms with van der Waals surface area (Å²) in [6.07, 6.45) is 6.46. The molecule has 0 radical (unpaired) electrons. The molecule has 1 fully saturated rings. The Morgan fingerprint density at radius 3 is 3.09 bits per heavy atom. The second-order valence-electron chi connectivity index (χ2n) is 2.60. The Bertz CT molecular complexity index is 255. The Morgan fingerprint density at radius 2 is 2.18 bits per heavy atom. The van der Waals surface area contributed by atoms with E-state index in [2.05, 4.69) is 17.5 Å². The molecule has 2 rings (SSSR count). The molecule has 11 heavy (non-hydrogen) atoms. The monoisotopic (exact) mass is 167 g/mol. The van der Waals surface area contributed by atoms with E-state index in [-0.39, 0.29) is 5.91 Å². The Morgan fingerprint density at radius 1 is 1.36 bits per heavy atom. The highest BCUT2D eigenvalue weighted by atomic mass is 32.2.